The van der Waals surface area contributed by atoms with Gasteiger partial charge in [-0.25, -0.2) is 4.79 Å². The number of pyridine rings is 1. The van der Waals surface area contributed by atoms with E-state index in [0.717, 1.165) is 11.3 Å². The summed E-state index contributed by atoms with van der Waals surface area (Å²) < 4.78 is 0. The summed E-state index contributed by atoms with van der Waals surface area (Å²) in [6, 6.07) is 8.50. The van der Waals surface area contributed by atoms with Gasteiger partial charge in [0.25, 0.3) is 5.95 Å². The van der Waals surface area contributed by atoms with E-state index in [1.807, 2.05) is 43.0 Å². The van der Waals surface area contributed by atoms with Crippen LogP contribution >= 0.6 is 23.2 Å². The lowest BCUT2D eigenvalue weighted by molar-refractivity contribution is 0.196. The molecule has 0 radical (unpaired) electrons. The molecule has 1 amide bonds. The molecule has 11 heteroatoms. The summed E-state index contributed by atoms with van der Waals surface area (Å²) in [5.74, 6) is 0.418. The summed E-state index contributed by atoms with van der Waals surface area (Å²) in [6.45, 7) is 4.26. The molecule has 2 atom stereocenters. The minimum atomic E-state index is -0.993. The third kappa shape index (κ3) is 4.35. The van der Waals surface area contributed by atoms with Crippen LogP contribution in [-0.2, 0) is 13.6 Å². The normalized spacial score (nSPS) is 17.8. The number of carbonyl (C=O) groups is 1. The van der Waals surface area contributed by atoms with Crippen molar-refractivity contribution in [3.05, 3.63) is 57.3 Å². The van der Waals surface area contributed by atoms with E-state index in [0.29, 0.717) is 46.8 Å². The van der Waals surface area contributed by atoms with Gasteiger partial charge in [-0.2, -0.15) is 4.80 Å². The maximum Gasteiger partial charge on any atom is 0.412 e. The monoisotopic (exact) mass is 475 g/mol. The topological polar surface area (TPSA) is 100 Å². The number of aromatic nitrogens is 5. The van der Waals surface area contributed by atoms with Crippen molar-refractivity contribution >= 4 is 40.9 Å². The van der Waals surface area contributed by atoms with Gasteiger partial charge >= 0.3 is 6.09 Å². The van der Waals surface area contributed by atoms with Crippen LogP contribution in [0.15, 0.2) is 30.3 Å². The largest absolute Gasteiger partial charge is 0.465 e. The van der Waals surface area contributed by atoms with Crippen molar-refractivity contribution in [2.45, 2.75) is 45.3 Å². The lowest BCUT2D eigenvalue weighted by Gasteiger charge is -2.42. The van der Waals surface area contributed by atoms with Crippen molar-refractivity contribution < 1.29 is 9.90 Å². The van der Waals surface area contributed by atoms with Gasteiger partial charge in [-0.1, -0.05) is 35.2 Å². The molecular weight excluding hydrogens is 453 g/mol. The zero-order valence-electron chi connectivity index (χ0n) is 17.9. The fourth-order valence-corrected chi connectivity index (χ4v) is 4.75. The van der Waals surface area contributed by atoms with Crippen molar-refractivity contribution in [2.24, 2.45) is 7.05 Å². The average Bonchev–Trinajstić information content (AvgIpc) is 3.16. The van der Waals surface area contributed by atoms with Crippen molar-refractivity contribution in [3.63, 3.8) is 0 Å². The molecule has 0 bridgehead atoms. The minimum Gasteiger partial charge on any atom is -0.465 e. The number of anilines is 2. The Hall–Kier alpha value is -2.91. The van der Waals surface area contributed by atoms with E-state index in [-0.39, 0.29) is 12.1 Å². The SMILES string of the molecule is CC[C@@H]1C[C@H](N(Cc2cc(Cl)cc(Cl)c2)c2nnn(C)n2)c2nc(C)ccc2N1C(=O)O. The molecule has 3 heterocycles. The van der Waals surface area contributed by atoms with Crippen molar-refractivity contribution in [2.75, 3.05) is 9.80 Å². The number of nitrogens with zero attached hydrogens (tertiary/aromatic N) is 7. The molecular formula is C21H23Cl2N7O2. The summed E-state index contributed by atoms with van der Waals surface area (Å²) in [5, 5.41) is 23.6. The second-order valence-corrected chi connectivity index (χ2v) is 8.68. The number of halogens is 2. The third-order valence-corrected chi connectivity index (χ3v) is 6.00. The third-order valence-electron chi connectivity index (χ3n) is 5.56. The van der Waals surface area contributed by atoms with Gasteiger partial charge in [0, 0.05) is 28.3 Å². The Bertz CT molecular complexity index is 1130. The van der Waals surface area contributed by atoms with E-state index >= 15 is 0 Å². The second kappa shape index (κ2) is 8.91. The van der Waals surface area contributed by atoms with E-state index < -0.39 is 6.09 Å². The molecule has 2 aromatic heterocycles. The van der Waals surface area contributed by atoms with Crippen LogP contribution in [0.4, 0.5) is 16.4 Å². The molecule has 0 saturated carbocycles. The summed E-state index contributed by atoms with van der Waals surface area (Å²) in [4.78, 5) is 21.6. The van der Waals surface area contributed by atoms with Crippen LogP contribution in [0.2, 0.25) is 10.0 Å². The van der Waals surface area contributed by atoms with Gasteiger partial charge in [-0.15, -0.1) is 5.10 Å². The first-order valence-corrected chi connectivity index (χ1v) is 11.0. The van der Waals surface area contributed by atoms with E-state index in [9.17, 15) is 9.90 Å². The number of rotatable bonds is 5. The van der Waals surface area contributed by atoms with Crippen LogP contribution in [0.3, 0.4) is 0 Å². The molecule has 1 aliphatic heterocycles. The zero-order chi connectivity index (χ0) is 23.0. The molecule has 1 aromatic carbocycles. The van der Waals surface area contributed by atoms with E-state index in [1.54, 1.807) is 13.1 Å². The predicted octanol–water partition coefficient (Wildman–Crippen LogP) is 4.63. The van der Waals surface area contributed by atoms with Crippen LogP contribution < -0.4 is 9.80 Å². The highest BCUT2D eigenvalue weighted by Crippen LogP contribution is 2.42. The molecule has 0 fully saturated rings. The lowest BCUT2D eigenvalue weighted by Crippen LogP contribution is -2.47. The van der Waals surface area contributed by atoms with Gasteiger partial charge in [0.05, 0.1) is 24.5 Å². The van der Waals surface area contributed by atoms with Gasteiger partial charge in [0.15, 0.2) is 0 Å². The number of hydrogen-bond acceptors (Lipinski definition) is 6. The number of aryl methyl sites for hydroxylation is 2. The van der Waals surface area contributed by atoms with E-state index in [4.69, 9.17) is 28.2 Å². The van der Waals surface area contributed by atoms with E-state index in [2.05, 4.69) is 15.4 Å². The van der Waals surface area contributed by atoms with Crippen LogP contribution in [0.25, 0.3) is 0 Å². The number of benzene rings is 1. The Kier molecular flexibility index (Phi) is 6.21. The molecule has 3 aromatic rings. The first-order chi connectivity index (χ1) is 15.3. The standard InChI is InChI=1S/C21H23Cl2N7O2/c1-4-16-10-18(19-17(30(16)21(31)32)6-5-12(2)24-19)29(20-25-27-28(3)26-20)11-13-7-14(22)9-15(23)8-13/h5-9,16,18H,4,10-11H2,1-3H3,(H,31,32)/t16-,18+/m1/s1. The van der Waals surface area contributed by atoms with Crippen LogP contribution in [0, 0.1) is 6.92 Å². The van der Waals surface area contributed by atoms with Gasteiger partial charge < -0.3 is 10.0 Å². The quantitative estimate of drug-likeness (QED) is 0.573. The fraction of sp³-hybridized carbons (Fsp3) is 0.381. The Labute approximate surface area is 195 Å². The molecule has 0 spiro atoms. The number of hydrogen-bond donors (Lipinski definition) is 1. The minimum absolute atomic E-state index is 0.225. The second-order valence-electron chi connectivity index (χ2n) is 7.81. The van der Waals surface area contributed by atoms with Gasteiger partial charge in [0.2, 0.25) is 0 Å². The molecule has 0 saturated heterocycles. The molecule has 168 valence electrons. The Morgan fingerprint density at radius 2 is 1.97 bits per heavy atom. The van der Waals surface area contributed by atoms with E-state index in [1.165, 1.54) is 9.70 Å². The molecule has 1 N–H and O–H groups in total. The number of tetrazole rings is 1. The molecule has 0 aliphatic carbocycles. The van der Waals surface area contributed by atoms with Crippen LogP contribution in [-0.4, -0.2) is 42.4 Å². The Morgan fingerprint density at radius 1 is 1.25 bits per heavy atom. The predicted molar refractivity (Wildman–Crippen MR) is 122 cm³/mol. The van der Waals surface area contributed by atoms with Gasteiger partial charge in [0.1, 0.15) is 0 Å². The Balaban J connectivity index is 1.85. The number of amides is 1. The van der Waals surface area contributed by atoms with Crippen molar-refractivity contribution in [1.29, 1.82) is 0 Å². The highest BCUT2D eigenvalue weighted by Gasteiger charge is 2.40. The van der Waals surface area contributed by atoms with Crippen LogP contribution in [0.1, 0.15) is 42.8 Å². The molecule has 4 rings (SSSR count). The average molecular weight is 476 g/mol. The maximum absolute atomic E-state index is 12.1. The number of fused-ring (bicyclic) bond motifs is 1. The maximum atomic E-state index is 12.1. The van der Waals surface area contributed by atoms with Crippen molar-refractivity contribution in [3.8, 4) is 0 Å². The van der Waals surface area contributed by atoms with Crippen LogP contribution in [0.5, 0.6) is 0 Å². The molecule has 9 nitrogen and oxygen atoms in total. The first-order valence-electron chi connectivity index (χ1n) is 10.2. The molecule has 0 unspecified atom stereocenters. The first kappa shape index (κ1) is 22.3. The smallest absolute Gasteiger partial charge is 0.412 e. The summed E-state index contributed by atoms with van der Waals surface area (Å²) in [5.41, 5.74) is 2.91. The van der Waals surface area contributed by atoms with Gasteiger partial charge in [-0.3, -0.25) is 9.88 Å². The summed E-state index contributed by atoms with van der Waals surface area (Å²) in [7, 11) is 1.70. The molecule has 32 heavy (non-hydrogen) atoms. The Morgan fingerprint density at radius 3 is 2.56 bits per heavy atom. The lowest BCUT2D eigenvalue weighted by atomic mass is 9.92. The highest BCUT2D eigenvalue weighted by atomic mass is 35.5. The summed E-state index contributed by atoms with van der Waals surface area (Å²) >= 11 is 12.5. The fourth-order valence-electron chi connectivity index (χ4n) is 4.18. The van der Waals surface area contributed by atoms with Gasteiger partial charge in [-0.05, 0) is 60.9 Å². The zero-order valence-corrected chi connectivity index (χ0v) is 19.4. The summed E-state index contributed by atoms with van der Waals surface area (Å²) in [6.07, 6.45) is 0.188. The van der Waals surface area contributed by atoms with Crippen molar-refractivity contribution in [1.82, 2.24) is 25.2 Å². The highest BCUT2D eigenvalue weighted by molar-refractivity contribution is 6.34. The molecule has 1 aliphatic rings. The number of carboxylic acid groups (broad SMARTS) is 1.